The summed E-state index contributed by atoms with van der Waals surface area (Å²) in [5, 5.41) is 4.68. The number of nitrogens with zero attached hydrogens (tertiary/aromatic N) is 2. The minimum atomic E-state index is -0.0680. The van der Waals surface area contributed by atoms with Gasteiger partial charge in [-0.2, -0.15) is 16.7 Å². The van der Waals surface area contributed by atoms with E-state index >= 15 is 0 Å². The van der Waals surface area contributed by atoms with E-state index in [2.05, 4.69) is 36.1 Å². The summed E-state index contributed by atoms with van der Waals surface area (Å²) in [5.41, 5.74) is 7.68. The lowest BCUT2D eigenvalue weighted by atomic mass is 9.96. The zero-order valence-corrected chi connectivity index (χ0v) is 12.6. The van der Waals surface area contributed by atoms with E-state index in [1.54, 1.807) is 0 Å². The van der Waals surface area contributed by atoms with Gasteiger partial charge in [-0.15, -0.1) is 0 Å². The molecule has 0 bridgehead atoms. The number of nitrogen functional groups attached to an aromatic ring is 1. The van der Waals surface area contributed by atoms with E-state index in [-0.39, 0.29) is 5.41 Å². The van der Waals surface area contributed by atoms with E-state index in [1.165, 1.54) is 5.56 Å². The van der Waals surface area contributed by atoms with Crippen LogP contribution in [0.4, 0.5) is 5.69 Å². The molecule has 1 heterocycles. The second-order valence-corrected chi connectivity index (χ2v) is 7.14. The highest BCUT2D eigenvalue weighted by atomic mass is 32.2. The molecule has 0 radical (unpaired) electrons. The number of hydrogen-bond acceptors (Lipinski definition) is 5. The van der Waals surface area contributed by atoms with Crippen LogP contribution in [0.25, 0.3) is 0 Å². The van der Waals surface area contributed by atoms with Gasteiger partial charge in [-0.1, -0.05) is 31.1 Å². The van der Waals surface area contributed by atoms with E-state index in [4.69, 9.17) is 10.3 Å². The van der Waals surface area contributed by atoms with Crippen LogP contribution < -0.4 is 5.73 Å². The van der Waals surface area contributed by atoms with Crippen molar-refractivity contribution in [2.24, 2.45) is 0 Å². The van der Waals surface area contributed by atoms with Crippen molar-refractivity contribution in [2.45, 2.75) is 43.1 Å². The summed E-state index contributed by atoms with van der Waals surface area (Å²) in [6.45, 7) is 4.34. The number of anilines is 1. The fraction of sp³-hybridized carbons (Fsp3) is 0.467. The molecule has 1 aromatic heterocycles. The molecule has 0 aliphatic heterocycles. The van der Waals surface area contributed by atoms with Crippen LogP contribution in [0.15, 0.2) is 28.8 Å². The first kappa shape index (κ1) is 13.5. The molecule has 4 nitrogen and oxygen atoms in total. The van der Waals surface area contributed by atoms with Gasteiger partial charge >= 0.3 is 0 Å². The largest absolute Gasteiger partial charge is 0.399 e. The lowest BCUT2D eigenvalue weighted by molar-refractivity contribution is 0.356. The molecule has 1 saturated carbocycles. The number of hydrogen-bond donors (Lipinski definition) is 1. The van der Waals surface area contributed by atoms with E-state index < -0.39 is 0 Å². The zero-order chi connectivity index (χ0) is 14.2. The van der Waals surface area contributed by atoms with Crippen LogP contribution in [0, 0.1) is 0 Å². The first-order valence-electron chi connectivity index (χ1n) is 6.91. The molecule has 2 N–H and O–H groups in total. The lowest BCUT2D eigenvalue weighted by Gasteiger charge is -2.10. The average molecular weight is 289 g/mol. The number of thioether (sulfide) groups is 1. The molecule has 0 amide bonds. The fourth-order valence-corrected chi connectivity index (χ4v) is 2.90. The summed E-state index contributed by atoms with van der Waals surface area (Å²) in [7, 11) is 0. The molecule has 1 fully saturated rings. The summed E-state index contributed by atoms with van der Waals surface area (Å²) in [6, 6.07) is 7.99. The van der Waals surface area contributed by atoms with Crippen LogP contribution in [0.5, 0.6) is 0 Å². The Bertz CT molecular complexity index is 587. The highest BCUT2D eigenvalue weighted by Gasteiger charge is 2.50. The van der Waals surface area contributed by atoms with Gasteiger partial charge in [0.15, 0.2) is 5.82 Å². The molecule has 0 saturated heterocycles. The third-order valence-corrected chi connectivity index (χ3v) is 4.73. The van der Waals surface area contributed by atoms with Crippen LogP contribution in [0.2, 0.25) is 0 Å². The van der Waals surface area contributed by atoms with Crippen LogP contribution >= 0.6 is 11.8 Å². The van der Waals surface area contributed by atoms with Gasteiger partial charge in [0.1, 0.15) is 0 Å². The van der Waals surface area contributed by atoms with Crippen LogP contribution in [-0.2, 0) is 11.2 Å². The Labute approximate surface area is 123 Å². The highest BCUT2D eigenvalue weighted by molar-refractivity contribution is 7.99. The van der Waals surface area contributed by atoms with Crippen LogP contribution in [0.3, 0.4) is 0 Å². The molecule has 2 aromatic rings. The van der Waals surface area contributed by atoms with Gasteiger partial charge in [0.05, 0.1) is 11.2 Å². The second-order valence-electron chi connectivity index (χ2n) is 5.58. The minimum absolute atomic E-state index is 0.0680. The minimum Gasteiger partial charge on any atom is -0.399 e. The van der Waals surface area contributed by atoms with Crippen molar-refractivity contribution >= 4 is 17.4 Å². The number of aromatic nitrogens is 2. The van der Waals surface area contributed by atoms with E-state index in [0.29, 0.717) is 5.25 Å². The van der Waals surface area contributed by atoms with Crippen LogP contribution in [-0.4, -0.2) is 15.4 Å². The SMILES string of the molecule is CC(C)SCc1noc(C2(c3ccc(N)cc3)CC2)n1. The van der Waals surface area contributed by atoms with Crippen molar-refractivity contribution in [3.05, 3.63) is 41.5 Å². The number of nitrogens with two attached hydrogens (primary N) is 1. The van der Waals surface area contributed by atoms with Crippen molar-refractivity contribution < 1.29 is 4.52 Å². The van der Waals surface area contributed by atoms with Gasteiger partial charge in [0.2, 0.25) is 5.89 Å². The third kappa shape index (κ3) is 2.54. The molecule has 5 heteroatoms. The Morgan fingerprint density at radius 1 is 1.30 bits per heavy atom. The van der Waals surface area contributed by atoms with Gasteiger partial charge in [-0.25, -0.2) is 0 Å². The van der Waals surface area contributed by atoms with Gasteiger partial charge in [-0.3, -0.25) is 0 Å². The van der Waals surface area contributed by atoms with Gasteiger partial charge < -0.3 is 10.3 Å². The standard InChI is InChI=1S/C15H19N3OS/c1-10(2)20-9-13-17-14(19-18-13)15(7-8-15)11-3-5-12(16)6-4-11/h3-6,10H,7-9,16H2,1-2H3. The summed E-state index contributed by atoms with van der Waals surface area (Å²) in [4.78, 5) is 4.59. The molecular formula is C15H19N3OS. The molecule has 0 spiro atoms. The van der Waals surface area contributed by atoms with Gasteiger partial charge in [0.25, 0.3) is 0 Å². The molecule has 106 valence electrons. The van der Waals surface area contributed by atoms with Crippen molar-refractivity contribution in [1.82, 2.24) is 10.1 Å². The maximum atomic E-state index is 5.75. The molecule has 1 aromatic carbocycles. The molecule has 0 unspecified atom stereocenters. The highest BCUT2D eigenvalue weighted by Crippen LogP contribution is 2.52. The molecule has 1 aliphatic rings. The lowest BCUT2D eigenvalue weighted by Crippen LogP contribution is -2.09. The predicted molar refractivity (Wildman–Crippen MR) is 81.6 cm³/mol. The Balaban J connectivity index is 1.80. The maximum absolute atomic E-state index is 5.75. The molecule has 3 rings (SSSR count). The monoisotopic (exact) mass is 289 g/mol. The maximum Gasteiger partial charge on any atom is 0.237 e. The third-order valence-electron chi connectivity index (χ3n) is 3.64. The topological polar surface area (TPSA) is 64.9 Å². The zero-order valence-electron chi connectivity index (χ0n) is 11.8. The van der Waals surface area contributed by atoms with Crippen molar-refractivity contribution in [3.8, 4) is 0 Å². The van der Waals surface area contributed by atoms with E-state index in [1.807, 2.05) is 23.9 Å². The fourth-order valence-electron chi connectivity index (χ4n) is 2.30. The summed E-state index contributed by atoms with van der Waals surface area (Å²) < 4.78 is 5.50. The molecule has 1 aliphatic carbocycles. The first-order valence-corrected chi connectivity index (χ1v) is 7.96. The first-order chi connectivity index (χ1) is 9.60. The number of rotatable bonds is 5. The van der Waals surface area contributed by atoms with E-state index in [0.717, 1.165) is 36.0 Å². The molecule has 20 heavy (non-hydrogen) atoms. The van der Waals surface area contributed by atoms with Crippen molar-refractivity contribution in [1.29, 1.82) is 0 Å². The quantitative estimate of drug-likeness (QED) is 0.855. The van der Waals surface area contributed by atoms with Crippen molar-refractivity contribution in [3.63, 3.8) is 0 Å². The summed E-state index contributed by atoms with van der Waals surface area (Å²) in [6.07, 6.45) is 2.13. The predicted octanol–water partition coefficient (Wildman–Crippen LogP) is 3.37. The number of benzene rings is 1. The Morgan fingerprint density at radius 2 is 2.00 bits per heavy atom. The van der Waals surface area contributed by atoms with Gasteiger partial charge in [-0.05, 0) is 35.8 Å². The summed E-state index contributed by atoms with van der Waals surface area (Å²) in [5.74, 6) is 2.35. The normalized spacial score (nSPS) is 16.6. The van der Waals surface area contributed by atoms with Crippen LogP contribution in [0.1, 0.15) is 44.0 Å². The second kappa shape index (κ2) is 5.13. The molecular weight excluding hydrogens is 270 g/mol. The Kier molecular flexibility index (Phi) is 3.46. The van der Waals surface area contributed by atoms with E-state index in [9.17, 15) is 0 Å². The summed E-state index contributed by atoms with van der Waals surface area (Å²) >= 11 is 1.82. The molecule has 0 atom stereocenters. The smallest absolute Gasteiger partial charge is 0.237 e. The Hall–Kier alpha value is -1.49. The average Bonchev–Trinajstić information content (AvgIpc) is 3.09. The van der Waals surface area contributed by atoms with Gasteiger partial charge in [0, 0.05) is 5.69 Å². The Morgan fingerprint density at radius 3 is 2.60 bits per heavy atom. The van der Waals surface area contributed by atoms with Crippen molar-refractivity contribution in [2.75, 3.05) is 5.73 Å².